The molecule has 40 heavy (non-hydrogen) atoms. The number of thioether (sulfide) groups is 1. The smallest absolute Gasteiger partial charge is 0.264 e. The van der Waals surface area contributed by atoms with Gasteiger partial charge in [-0.1, -0.05) is 47.5 Å². The molecule has 3 aromatic rings. The first kappa shape index (κ1) is 31.2. The SMILES string of the molecule is CSc1ccc(S(=O)(=O)N(CC(=O)N(Cc2ccc(C)cc2)[C@H](C)C(=O)NC(C)(C)C)c2ccc(C)cc2)cc1. The molecular weight excluding hydrogens is 542 g/mol. The van der Waals surface area contributed by atoms with Gasteiger partial charge in [-0.3, -0.25) is 13.9 Å². The molecule has 3 aromatic carbocycles. The van der Waals surface area contributed by atoms with Crippen LogP contribution in [0.1, 0.15) is 44.4 Å². The van der Waals surface area contributed by atoms with Crippen LogP contribution in [0.4, 0.5) is 5.69 Å². The highest BCUT2D eigenvalue weighted by atomic mass is 32.2. The number of anilines is 1. The predicted molar refractivity (Wildman–Crippen MR) is 163 cm³/mol. The number of nitrogens with one attached hydrogen (secondary N) is 1. The number of hydrogen-bond acceptors (Lipinski definition) is 5. The molecule has 3 rings (SSSR count). The van der Waals surface area contributed by atoms with Crippen molar-refractivity contribution in [2.45, 2.75) is 69.5 Å². The summed E-state index contributed by atoms with van der Waals surface area (Å²) >= 11 is 1.51. The fourth-order valence-corrected chi connectivity index (χ4v) is 5.88. The lowest BCUT2D eigenvalue weighted by Crippen LogP contribution is -2.54. The summed E-state index contributed by atoms with van der Waals surface area (Å²) in [6.45, 7) is 10.9. The summed E-state index contributed by atoms with van der Waals surface area (Å²) in [5.74, 6) is -0.799. The molecule has 0 heterocycles. The van der Waals surface area contributed by atoms with Crippen LogP contribution in [0.3, 0.4) is 0 Å². The van der Waals surface area contributed by atoms with Crippen LogP contribution in [0.2, 0.25) is 0 Å². The van der Waals surface area contributed by atoms with E-state index in [0.29, 0.717) is 5.69 Å². The number of hydrogen-bond donors (Lipinski definition) is 1. The van der Waals surface area contributed by atoms with Gasteiger partial charge in [0.2, 0.25) is 11.8 Å². The molecule has 0 fully saturated rings. The van der Waals surface area contributed by atoms with Crippen molar-refractivity contribution >= 4 is 39.3 Å². The normalized spacial score (nSPS) is 12.5. The van der Waals surface area contributed by atoms with E-state index in [1.54, 1.807) is 43.3 Å². The van der Waals surface area contributed by atoms with Crippen LogP contribution < -0.4 is 9.62 Å². The maximum absolute atomic E-state index is 14.0. The number of carbonyl (C=O) groups is 2. The Balaban J connectivity index is 2.03. The standard InChI is InChI=1S/C31H39N3O4S2/c1-22-8-12-25(13-9-22)20-33(24(3)30(36)32-31(4,5)6)29(35)21-34(26-14-10-23(2)11-15-26)40(37,38)28-18-16-27(39-7)17-19-28/h8-19,24H,20-21H2,1-7H3,(H,32,36)/t24-/m1/s1. The van der Waals surface area contributed by atoms with E-state index in [4.69, 9.17) is 0 Å². The highest BCUT2D eigenvalue weighted by Crippen LogP contribution is 2.26. The van der Waals surface area contributed by atoms with Gasteiger partial charge in [0.05, 0.1) is 10.6 Å². The Labute approximate surface area is 243 Å². The van der Waals surface area contributed by atoms with E-state index in [-0.39, 0.29) is 17.3 Å². The lowest BCUT2D eigenvalue weighted by atomic mass is 10.1. The Hall–Kier alpha value is -3.30. The molecule has 0 bridgehead atoms. The molecule has 0 radical (unpaired) electrons. The summed E-state index contributed by atoms with van der Waals surface area (Å²) in [5, 5.41) is 2.94. The van der Waals surface area contributed by atoms with Crippen molar-refractivity contribution < 1.29 is 18.0 Å². The minimum atomic E-state index is -4.10. The van der Waals surface area contributed by atoms with Gasteiger partial charge in [0.1, 0.15) is 12.6 Å². The maximum Gasteiger partial charge on any atom is 0.264 e. The van der Waals surface area contributed by atoms with E-state index in [0.717, 1.165) is 25.9 Å². The Morgan fingerprint density at radius 1 is 0.875 bits per heavy atom. The number of sulfonamides is 1. The number of nitrogens with zero attached hydrogens (tertiary/aromatic N) is 2. The topological polar surface area (TPSA) is 86.8 Å². The van der Waals surface area contributed by atoms with Crippen LogP contribution in [0, 0.1) is 13.8 Å². The molecule has 0 aliphatic carbocycles. The summed E-state index contributed by atoms with van der Waals surface area (Å²) in [7, 11) is -4.10. The summed E-state index contributed by atoms with van der Waals surface area (Å²) in [4.78, 5) is 29.6. The van der Waals surface area contributed by atoms with E-state index in [1.807, 2.05) is 77.3 Å². The van der Waals surface area contributed by atoms with Crippen molar-refractivity contribution in [1.82, 2.24) is 10.2 Å². The van der Waals surface area contributed by atoms with Gasteiger partial charge in [0.15, 0.2) is 0 Å². The third-order valence-corrected chi connectivity index (χ3v) is 8.92. The van der Waals surface area contributed by atoms with Crippen molar-refractivity contribution in [2.75, 3.05) is 17.1 Å². The summed E-state index contributed by atoms with van der Waals surface area (Å²) in [6, 6.07) is 20.5. The van der Waals surface area contributed by atoms with Crippen molar-refractivity contribution in [3.05, 3.63) is 89.5 Å². The molecule has 214 valence electrons. The molecular formula is C31H39N3O4S2. The summed E-state index contributed by atoms with van der Waals surface area (Å²) < 4.78 is 29.0. The van der Waals surface area contributed by atoms with Gasteiger partial charge in [-0.05, 0) is 89.8 Å². The van der Waals surface area contributed by atoms with Crippen molar-refractivity contribution in [3.8, 4) is 0 Å². The molecule has 0 saturated heterocycles. The van der Waals surface area contributed by atoms with Gasteiger partial charge in [-0.15, -0.1) is 11.8 Å². The summed E-state index contributed by atoms with van der Waals surface area (Å²) in [6.07, 6.45) is 1.92. The fraction of sp³-hybridized carbons (Fsp3) is 0.355. The van der Waals surface area contributed by atoms with Crippen molar-refractivity contribution in [2.24, 2.45) is 0 Å². The van der Waals surface area contributed by atoms with E-state index >= 15 is 0 Å². The van der Waals surface area contributed by atoms with Crippen LogP contribution in [0.15, 0.2) is 82.6 Å². The maximum atomic E-state index is 14.0. The predicted octanol–water partition coefficient (Wildman–Crippen LogP) is 5.55. The Morgan fingerprint density at radius 2 is 1.40 bits per heavy atom. The van der Waals surface area contributed by atoms with Gasteiger partial charge in [0.25, 0.3) is 10.0 Å². The zero-order chi connectivity index (χ0) is 29.7. The van der Waals surface area contributed by atoms with Crippen LogP contribution in [0.25, 0.3) is 0 Å². The second-order valence-electron chi connectivity index (χ2n) is 10.9. The highest BCUT2D eigenvalue weighted by Gasteiger charge is 2.33. The molecule has 2 amide bonds. The van der Waals surface area contributed by atoms with Gasteiger partial charge < -0.3 is 10.2 Å². The molecule has 0 saturated carbocycles. The number of rotatable bonds is 10. The van der Waals surface area contributed by atoms with Crippen LogP contribution in [-0.4, -0.2) is 49.5 Å². The van der Waals surface area contributed by atoms with E-state index in [1.165, 1.54) is 16.7 Å². The Morgan fingerprint density at radius 3 is 1.90 bits per heavy atom. The lowest BCUT2D eigenvalue weighted by molar-refractivity contribution is -0.140. The van der Waals surface area contributed by atoms with Gasteiger partial charge in [-0.2, -0.15) is 0 Å². The molecule has 0 unspecified atom stereocenters. The summed E-state index contributed by atoms with van der Waals surface area (Å²) in [5.41, 5.74) is 2.75. The van der Waals surface area contributed by atoms with Crippen molar-refractivity contribution in [1.29, 1.82) is 0 Å². The molecule has 0 aromatic heterocycles. The third-order valence-electron chi connectivity index (χ3n) is 6.39. The molecule has 7 nitrogen and oxygen atoms in total. The van der Waals surface area contributed by atoms with Gasteiger partial charge >= 0.3 is 0 Å². The minimum absolute atomic E-state index is 0.0854. The lowest BCUT2D eigenvalue weighted by Gasteiger charge is -2.33. The molecule has 1 N–H and O–H groups in total. The fourth-order valence-electron chi connectivity index (χ4n) is 4.06. The second-order valence-corrected chi connectivity index (χ2v) is 13.7. The van der Waals surface area contributed by atoms with Crippen molar-refractivity contribution in [3.63, 3.8) is 0 Å². The average Bonchev–Trinajstić information content (AvgIpc) is 2.90. The first-order valence-electron chi connectivity index (χ1n) is 13.1. The second kappa shape index (κ2) is 12.9. The zero-order valence-corrected chi connectivity index (χ0v) is 25.9. The van der Waals surface area contributed by atoms with Gasteiger partial charge in [-0.25, -0.2) is 8.42 Å². The quantitative estimate of drug-likeness (QED) is 0.317. The van der Waals surface area contributed by atoms with E-state index in [9.17, 15) is 18.0 Å². The first-order chi connectivity index (χ1) is 18.7. The molecule has 0 aliphatic heterocycles. The minimum Gasteiger partial charge on any atom is -0.350 e. The van der Waals surface area contributed by atoms with Gasteiger partial charge in [0, 0.05) is 17.0 Å². The largest absolute Gasteiger partial charge is 0.350 e. The van der Waals surface area contributed by atoms with Crippen LogP contribution in [0.5, 0.6) is 0 Å². The Bertz CT molecular complexity index is 1410. The molecule has 0 spiro atoms. The zero-order valence-electron chi connectivity index (χ0n) is 24.3. The number of benzene rings is 3. The average molecular weight is 582 g/mol. The monoisotopic (exact) mass is 581 g/mol. The van der Waals surface area contributed by atoms with Crippen LogP contribution in [-0.2, 0) is 26.2 Å². The Kier molecular flexibility index (Phi) is 10.1. The first-order valence-corrected chi connectivity index (χ1v) is 15.8. The number of carbonyl (C=O) groups excluding carboxylic acids is 2. The molecule has 9 heteroatoms. The van der Waals surface area contributed by atoms with E-state index < -0.39 is 34.1 Å². The number of amides is 2. The molecule has 0 aliphatic rings. The van der Waals surface area contributed by atoms with E-state index in [2.05, 4.69) is 5.32 Å². The number of aryl methyl sites for hydroxylation is 2. The highest BCUT2D eigenvalue weighted by molar-refractivity contribution is 7.98. The molecule has 1 atom stereocenters. The van der Waals surface area contributed by atoms with Crippen LogP contribution >= 0.6 is 11.8 Å². The third kappa shape index (κ3) is 8.11.